The van der Waals surface area contributed by atoms with E-state index in [1.807, 2.05) is 61.7 Å². The van der Waals surface area contributed by atoms with E-state index in [1.54, 1.807) is 34.9 Å². The number of halogens is 2. The van der Waals surface area contributed by atoms with E-state index in [0.717, 1.165) is 64.7 Å². The van der Waals surface area contributed by atoms with Gasteiger partial charge in [0.15, 0.2) is 0 Å². The summed E-state index contributed by atoms with van der Waals surface area (Å²) in [6.07, 6.45) is 10.1. The molecule has 0 aliphatic heterocycles. The molecule has 7 aromatic rings. The largest absolute Gasteiger partial charge is 0.385 e. The average Bonchev–Trinajstić information content (AvgIpc) is 4.18. The van der Waals surface area contributed by atoms with Crippen molar-refractivity contribution in [3.8, 4) is 28.0 Å². The van der Waals surface area contributed by atoms with Crippen LogP contribution < -0.4 is 31.5 Å². The quantitative estimate of drug-likeness (QED) is 0.0903. The number of H-pyrrole nitrogens is 2. The lowest BCUT2D eigenvalue weighted by atomic mass is 9.54. The molecule has 7 N–H and O–H groups in total. The maximum atomic E-state index is 14.0. The number of nitrogens with zero attached hydrogens (tertiary/aromatic N) is 2. The van der Waals surface area contributed by atoms with Gasteiger partial charge in [-0.2, -0.15) is 4.21 Å². The van der Waals surface area contributed by atoms with Gasteiger partial charge >= 0.3 is 11.3 Å². The standard InChI is InChI=1S/C37H47ClN4O4S.C29H40ClN3O/c1-21-9-15-25(16-10-21)46-47(45)41-34(43)31-32(39)40-33-26(28(20-42(33)35(31)44)23-11-13-24(38)14-12-23)19-27-29(36(3,4)5)17-22(2)18-30(27)37(6,7)8;1-17-12-23(28(2,3)4)21(24(13-17)29(5,6)7)14-20-22(18-8-10-19(30)11-9-18)16-33-26(34)15-25(31)32-27(20)33/h9-16,20,22,27,29-30,40H,17-19,39H2,1-8H3,(H,41,43);8-11,15-17,21,23-24,32H,12-14,31H2,1-7H3. The highest BCUT2D eigenvalue weighted by Crippen LogP contribution is 2.55. The second kappa shape index (κ2) is 23.5. The first-order valence-corrected chi connectivity index (χ1v) is 30.6. The number of aromatic amines is 2. The molecule has 2 fully saturated rings. The number of hydrogen-bond donors (Lipinski definition) is 5. The van der Waals surface area contributed by atoms with Crippen molar-refractivity contribution in [2.45, 2.75) is 142 Å². The van der Waals surface area contributed by atoms with Gasteiger partial charge < -0.3 is 25.6 Å². The number of benzene rings is 3. The van der Waals surface area contributed by atoms with Crippen LogP contribution in [0.3, 0.4) is 0 Å². The van der Waals surface area contributed by atoms with Gasteiger partial charge in [-0.05, 0) is 162 Å². The first-order chi connectivity index (χ1) is 37.7. The Morgan fingerprint density at radius 3 is 1.43 bits per heavy atom. The molecule has 5 unspecified atom stereocenters. The molecule has 2 saturated carbocycles. The van der Waals surface area contributed by atoms with E-state index < -0.39 is 22.7 Å². The fourth-order valence-corrected chi connectivity index (χ4v) is 14.8. The van der Waals surface area contributed by atoms with Gasteiger partial charge in [-0.3, -0.25) is 23.2 Å². The first-order valence-electron chi connectivity index (χ1n) is 28.8. The number of nitrogens with one attached hydrogen (secondary N) is 3. The molecule has 0 spiro atoms. The van der Waals surface area contributed by atoms with Crippen molar-refractivity contribution in [2.75, 3.05) is 11.5 Å². The van der Waals surface area contributed by atoms with E-state index in [-0.39, 0.29) is 38.6 Å². The van der Waals surface area contributed by atoms with Crippen LogP contribution in [-0.4, -0.2) is 28.9 Å². The molecule has 0 saturated heterocycles. The average molecular weight is 1160 g/mol. The maximum Gasteiger partial charge on any atom is 0.318 e. The number of carbonyl (C=O) groups excluding carboxylic acids is 1. The van der Waals surface area contributed by atoms with Crippen LogP contribution in [0.5, 0.6) is 5.75 Å². The van der Waals surface area contributed by atoms with Crippen LogP contribution in [0.2, 0.25) is 10.0 Å². The predicted molar refractivity (Wildman–Crippen MR) is 336 cm³/mol. The van der Waals surface area contributed by atoms with Gasteiger partial charge in [-0.15, -0.1) is 0 Å². The molecule has 0 bridgehead atoms. The van der Waals surface area contributed by atoms with Crippen molar-refractivity contribution >= 4 is 63.3 Å². The Bertz CT molecular complexity index is 3490. The van der Waals surface area contributed by atoms with Gasteiger partial charge in [-0.1, -0.05) is 162 Å². The number of carbonyl (C=O) groups is 1. The van der Waals surface area contributed by atoms with Gasteiger partial charge in [0.05, 0.1) is 0 Å². The number of amides is 1. The van der Waals surface area contributed by atoms with Crippen molar-refractivity contribution in [3.05, 3.63) is 144 Å². The monoisotopic (exact) mass is 1160 g/mol. The lowest BCUT2D eigenvalue weighted by molar-refractivity contribution is -0.0138. The summed E-state index contributed by atoms with van der Waals surface area (Å²) in [5.74, 6) is 3.91. The first kappa shape index (κ1) is 61.3. The summed E-state index contributed by atoms with van der Waals surface area (Å²) < 4.78 is 23.5. The number of rotatable bonds is 10. The molecule has 436 valence electrons. The third-order valence-electron chi connectivity index (χ3n) is 17.9. The van der Waals surface area contributed by atoms with Crippen LogP contribution in [-0.2, 0) is 24.1 Å². The molecule has 3 aromatic carbocycles. The van der Waals surface area contributed by atoms with Crippen molar-refractivity contribution < 1.29 is 13.2 Å². The summed E-state index contributed by atoms with van der Waals surface area (Å²) >= 11 is 10.2. The summed E-state index contributed by atoms with van der Waals surface area (Å²) in [7, 11) is 0. The number of aryl methyl sites for hydroxylation is 1. The molecule has 1 amide bonds. The lowest BCUT2D eigenvalue weighted by Crippen LogP contribution is -2.44. The number of anilines is 2. The molecule has 5 atom stereocenters. The Hall–Kier alpha value is -5.76. The third kappa shape index (κ3) is 13.7. The lowest BCUT2D eigenvalue weighted by Gasteiger charge is -2.51. The molecular weight excluding hydrogens is 1070 g/mol. The minimum atomic E-state index is -2.25. The van der Waals surface area contributed by atoms with E-state index in [2.05, 4.69) is 112 Å². The molecule has 2 aliphatic carbocycles. The van der Waals surface area contributed by atoms with Gasteiger partial charge in [0.25, 0.3) is 17.0 Å². The Morgan fingerprint density at radius 2 is 1.02 bits per heavy atom. The second-order valence-electron chi connectivity index (χ2n) is 28.1. The van der Waals surface area contributed by atoms with E-state index in [0.29, 0.717) is 74.6 Å². The van der Waals surface area contributed by atoms with E-state index in [9.17, 15) is 18.6 Å². The SMILES string of the molecule is CC1CC(C(C)(C)C)C(Cc2c(-c3ccc(Cl)cc3)cn3c(=O)cc(N)[nH]c23)C(C(C)(C)C)C1.Cc1ccc(OS(=O)NC(=O)c2c(N)[nH]c3c(CC4C(C(C)(C)C)CC(C)CC4C(C)(C)C)c(-c4ccc(Cl)cc4)cn3c2=O)cc1. The summed E-state index contributed by atoms with van der Waals surface area (Å²) in [5, 5.41) is 1.32. The second-order valence-corrected chi connectivity index (χ2v) is 29.8. The highest BCUT2D eigenvalue weighted by molar-refractivity contribution is 7.79. The van der Waals surface area contributed by atoms with E-state index >= 15 is 0 Å². The highest BCUT2D eigenvalue weighted by atomic mass is 35.5. The van der Waals surface area contributed by atoms with Crippen LogP contribution in [0.15, 0.2) is 101 Å². The van der Waals surface area contributed by atoms with Crippen LogP contribution in [0, 0.1) is 75.9 Å². The third-order valence-corrected chi connectivity index (χ3v) is 19.1. The van der Waals surface area contributed by atoms with Crippen molar-refractivity contribution in [3.63, 3.8) is 0 Å². The molecule has 0 radical (unpaired) electrons. The van der Waals surface area contributed by atoms with Crippen molar-refractivity contribution in [1.82, 2.24) is 23.5 Å². The fourth-order valence-electron chi connectivity index (χ4n) is 13.9. The van der Waals surface area contributed by atoms with E-state index in [4.69, 9.17) is 38.9 Å². The summed E-state index contributed by atoms with van der Waals surface area (Å²) in [4.78, 5) is 46.8. The van der Waals surface area contributed by atoms with Crippen LogP contribution in [0.4, 0.5) is 11.6 Å². The van der Waals surface area contributed by atoms with Crippen LogP contribution in [0.25, 0.3) is 33.5 Å². The number of nitrogens with two attached hydrogens (primary N) is 2. The normalized spacial score (nSPS) is 22.3. The zero-order chi connectivity index (χ0) is 59.4. The Morgan fingerprint density at radius 1 is 0.630 bits per heavy atom. The van der Waals surface area contributed by atoms with Gasteiger partial charge in [0.1, 0.15) is 34.2 Å². The number of nitrogen functional groups attached to an aromatic ring is 2. The van der Waals surface area contributed by atoms with Crippen LogP contribution in [0.1, 0.15) is 150 Å². The Labute approximate surface area is 492 Å². The predicted octanol–water partition coefficient (Wildman–Crippen LogP) is 15.6. The molecular formula is C66H87Cl2N7O5S. The Kier molecular flexibility index (Phi) is 17.8. The molecule has 12 nitrogen and oxygen atoms in total. The smallest absolute Gasteiger partial charge is 0.318 e. The van der Waals surface area contributed by atoms with Crippen molar-refractivity contribution in [1.29, 1.82) is 0 Å². The van der Waals surface area contributed by atoms with E-state index in [1.165, 1.54) is 28.9 Å². The molecule has 9 rings (SSSR count). The molecule has 15 heteroatoms. The van der Waals surface area contributed by atoms with Crippen LogP contribution >= 0.6 is 23.2 Å². The van der Waals surface area contributed by atoms with Crippen molar-refractivity contribution in [2.24, 2.45) is 69.0 Å². The summed E-state index contributed by atoms with van der Waals surface area (Å²) in [6.45, 7) is 35.0. The summed E-state index contributed by atoms with van der Waals surface area (Å²) in [6, 6.07) is 23.8. The molecule has 4 aromatic heterocycles. The Balaban J connectivity index is 0.000000224. The molecule has 2 aliphatic rings. The molecule has 4 heterocycles. The number of aromatic nitrogens is 4. The van der Waals surface area contributed by atoms with Gasteiger partial charge in [-0.25, -0.2) is 4.72 Å². The summed E-state index contributed by atoms with van der Waals surface area (Å²) in [5.41, 5.74) is 20.5. The zero-order valence-electron chi connectivity index (χ0n) is 50.3. The maximum absolute atomic E-state index is 14.0. The number of hydrogen-bond acceptors (Lipinski definition) is 7. The number of fused-ring (bicyclic) bond motifs is 2. The van der Waals surface area contributed by atoms with Gasteiger partial charge in [0.2, 0.25) is 0 Å². The fraction of sp³-hybridized carbons (Fsp3) is 0.500. The minimum absolute atomic E-state index is 0.0762. The zero-order valence-corrected chi connectivity index (χ0v) is 52.6. The minimum Gasteiger partial charge on any atom is -0.385 e. The topological polar surface area (TPSA) is 182 Å². The molecule has 81 heavy (non-hydrogen) atoms. The van der Waals surface area contributed by atoms with Gasteiger partial charge in [0, 0.05) is 50.8 Å². The highest BCUT2D eigenvalue weighted by Gasteiger charge is 2.48.